The van der Waals surface area contributed by atoms with Gasteiger partial charge in [0.2, 0.25) is 0 Å². The third-order valence-electron chi connectivity index (χ3n) is 3.69. The lowest BCUT2D eigenvalue weighted by atomic mass is 9.93. The molecule has 2 heteroatoms. The van der Waals surface area contributed by atoms with Crippen molar-refractivity contribution in [2.75, 3.05) is 19.7 Å². The molecule has 0 fully saturated rings. The van der Waals surface area contributed by atoms with Crippen LogP contribution in [0.5, 0.6) is 0 Å². The maximum atomic E-state index is 5.76. The number of hydrogen-bond acceptors (Lipinski definition) is 2. The zero-order valence-electron chi connectivity index (χ0n) is 14.5. The highest BCUT2D eigenvalue weighted by Gasteiger charge is 2.09. The largest absolute Gasteiger partial charge is 0.377 e. The molecule has 1 N–H and O–H groups in total. The van der Waals surface area contributed by atoms with Crippen LogP contribution in [0.2, 0.25) is 0 Å². The topological polar surface area (TPSA) is 21.3 Å². The van der Waals surface area contributed by atoms with Crippen molar-refractivity contribution in [3.63, 3.8) is 0 Å². The highest BCUT2D eigenvalue weighted by atomic mass is 16.5. The zero-order chi connectivity index (χ0) is 15.7. The molecule has 1 aromatic rings. The molecule has 21 heavy (non-hydrogen) atoms. The van der Waals surface area contributed by atoms with Gasteiger partial charge in [0, 0.05) is 13.2 Å². The lowest BCUT2D eigenvalue weighted by Crippen LogP contribution is -2.20. The minimum atomic E-state index is 0.352. The van der Waals surface area contributed by atoms with E-state index in [1.54, 1.807) is 0 Å². The van der Waals surface area contributed by atoms with Crippen molar-refractivity contribution >= 4 is 0 Å². The van der Waals surface area contributed by atoms with Gasteiger partial charge < -0.3 is 10.1 Å². The van der Waals surface area contributed by atoms with Gasteiger partial charge in [-0.1, -0.05) is 58.9 Å². The molecule has 0 aliphatic rings. The molecule has 1 atom stereocenters. The van der Waals surface area contributed by atoms with Crippen molar-refractivity contribution in [1.82, 2.24) is 5.32 Å². The Kier molecular flexibility index (Phi) is 7.98. The molecule has 1 unspecified atom stereocenters. The Balaban J connectivity index is 2.33. The molecule has 0 aromatic heterocycles. The van der Waals surface area contributed by atoms with Crippen molar-refractivity contribution in [2.24, 2.45) is 5.41 Å². The fraction of sp³-hybridized carbons (Fsp3) is 0.684. The molecule has 0 bridgehead atoms. The molecule has 1 rings (SSSR count). The van der Waals surface area contributed by atoms with Gasteiger partial charge in [0.15, 0.2) is 0 Å². The van der Waals surface area contributed by atoms with Gasteiger partial charge in [0.05, 0.1) is 6.61 Å². The highest BCUT2D eigenvalue weighted by Crippen LogP contribution is 2.19. The summed E-state index contributed by atoms with van der Waals surface area (Å²) in [6, 6.07) is 8.87. The van der Waals surface area contributed by atoms with E-state index in [9.17, 15) is 0 Å². The zero-order valence-corrected chi connectivity index (χ0v) is 14.5. The molecule has 0 radical (unpaired) electrons. The first-order valence-electron chi connectivity index (χ1n) is 8.29. The van der Waals surface area contributed by atoms with Gasteiger partial charge in [0.1, 0.15) is 0 Å². The summed E-state index contributed by atoms with van der Waals surface area (Å²) in [7, 11) is 0. The summed E-state index contributed by atoms with van der Waals surface area (Å²) in [6.07, 6.45) is 2.29. The van der Waals surface area contributed by atoms with Crippen LogP contribution in [0.15, 0.2) is 24.3 Å². The van der Waals surface area contributed by atoms with Crippen LogP contribution in [0, 0.1) is 5.41 Å². The van der Waals surface area contributed by atoms with Gasteiger partial charge in [-0.05, 0) is 41.8 Å². The molecular weight excluding hydrogens is 258 g/mol. The highest BCUT2D eigenvalue weighted by molar-refractivity contribution is 5.24. The Morgan fingerprint density at radius 2 is 1.81 bits per heavy atom. The second-order valence-corrected chi connectivity index (χ2v) is 7.21. The van der Waals surface area contributed by atoms with Gasteiger partial charge >= 0.3 is 0 Å². The molecular formula is C19H33NO. The van der Waals surface area contributed by atoms with Crippen LogP contribution in [0.1, 0.15) is 64.5 Å². The van der Waals surface area contributed by atoms with Crippen molar-refractivity contribution < 1.29 is 4.74 Å². The summed E-state index contributed by atoms with van der Waals surface area (Å²) in [4.78, 5) is 0. The van der Waals surface area contributed by atoms with Crippen LogP contribution in [-0.2, 0) is 11.3 Å². The Bertz CT molecular complexity index is 378. The van der Waals surface area contributed by atoms with Crippen LogP contribution < -0.4 is 5.32 Å². The van der Waals surface area contributed by atoms with E-state index in [1.165, 1.54) is 17.5 Å². The summed E-state index contributed by atoms with van der Waals surface area (Å²) in [5.41, 5.74) is 3.02. The van der Waals surface area contributed by atoms with Gasteiger partial charge in [-0.2, -0.15) is 0 Å². The minimum Gasteiger partial charge on any atom is -0.377 e. The van der Waals surface area contributed by atoms with Gasteiger partial charge in [-0.15, -0.1) is 0 Å². The maximum Gasteiger partial charge on any atom is 0.0716 e. The first-order valence-corrected chi connectivity index (χ1v) is 8.29. The van der Waals surface area contributed by atoms with Crippen LogP contribution in [-0.4, -0.2) is 19.7 Å². The Morgan fingerprint density at radius 1 is 1.14 bits per heavy atom. The minimum absolute atomic E-state index is 0.352. The molecule has 0 aliphatic heterocycles. The monoisotopic (exact) mass is 291 g/mol. The number of nitrogens with one attached hydrogen (secondary N) is 1. The van der Waals surface area contributed by atoms with Gasteiger partial charge in [-0.25, -0.2) is 0 Å². The molecule has 1 aromatic carbocycles. The van der Waals surface area contributed by atoms with Gasteiger partial charge in [-0.3, -0.25) is 0 Å². The first-order chi connectivity index (χ1) is 9.92. The molecule has 0 heterocycles. The molecule has 2 nitrogen and oxygen atoms in total. The van der Waals surface area contributed by atoms with Gasteiger partial charge in [0.25, 0.3) is 0 Å². The van der Waals surface area contributed by atoms with Crippen molar-refractivity contribution in [3.8, 4) is 0 Å². The van der Waals surface area contributed by atoms with E-state index in [0.29, 0.717) is 11.3 Å². The molecule has 0 aliphatic carbocycles. The van der Waals surface area contributed by atoms with Crippen molar-refractivity contribution in [3.05, 3.63) is 35.4 Å². The summed E-state index contributed by atoms with van der Waals surface area (Å²) in [5.74, 6) is 0.562. The third kappa shape index (κ3) is 8.23. The molecule has 0 amide bonds. The normalized spacial score (nSPS) is 13.4. The maximum absolute atomic E-state index is 5.76. The molecule has 0 saturated carbocycles. The molecule has 120 valence electrons. The SMILES string of the molecule is CCCNCC(C)c1ccc(COCCC(C)(C)C)cc1. The lowest BCUT2D eigenvalue weighted by Gasteiger charge is -2.17. The van der Waals surface area contributed by atoms with Crippen LogP contribution in [0.25, 0.3) is 0 Å². The van der Waals surface area contributed by atoms with E-state index >= 15 is 0 Å². The van der Waals surface area contributed by atoms with E-state index in [0.717, 1.165) is 32.7 Å². The fourth-order valence-corrected chi connectivity index (χ4v) is 2.12. The van der Waals surface area contributed by atoms with Crippen LogP contribution in [0.3, 0.4) is 0 Å². The van der Waals surface area contributed by atoms with Crippen molar-refractivity contribution in [1.29, 1.82) is 0 Å². The fourth-order valence-electron chi connectivity index (χ4n) is 2.12. The lowest BCUT2D eigenvalue weighted by molar-refractivity contribution is 0.0962. The Labute approximate surface area is 131 Å². The van der Waals surface area contributed by atoms with E-state index in [4.69, 9.17) is 4.74 Å². The second kappa shape index (κ2) is 9.22. The summed E-state index contributed by atoms with van der Waals surface area (Å²) in [6.45, 7) is 14.9. The number of benzene rings is 1. The van der Waals surface area contributed by atoms with E-state index < -0.39 is 0 Å². The first kappa shape index (κ1) is 18.2. The Morgan fingerprint density at radius 3 is 2.38 bits per heavy atom. The van der Waals surface area contributed by atoms with E-state index in [1.807, 2.05) is 0 Å². The summed E-state index contributed by atoms with van der Waals surface area (Å²) >= 11 is 0. The quantitative estimate of drug-likeness (QED) is 0.663. The van der Waals surface area contributed by atoms with Crippen LogP contribution >= 0.6 is 0 Å². The predicted octanol–water partition coefficient (Wildman–Crippen LogP) is 4.74. The van der Waals surface area contributed by atoms with Crippen LogP contribution in [0.4, 0.5) is 0 Å². The summed E-state index contributed by atoms with van der Waals surface area (Å²) in [5, 5.41) is 3.48. The predicted molar refractivity (Wildman–Crippen MR) is 91.7 cm³/mol. The Hall–Kier alpha value is -0.860. The standard InChI is InChI=1S/C19H33NO/c1-6-12-20-14-16(2)18-9-7-17(8-10-18)15-21-13-11-19(3,4)5/h7-10,16,20H,6,11-15H2,1-5H3. The smallest absolute Gasteiger partial charge is 0.0716 e. The molecule has 0 saturated heterocycles. The molecule has 0 spiro atoms. The average molecular weight is 291 g/mol. The number of rotatable bonds is 9. The number of ether oxygens (including phenoxy) is 1. The van der Waals surface area contributed by atoms with E-state index in [2.05, 4.69) is 64.2 Å². The summed E-state index contributed by atoms with van der Waals surface area (Å²) < 4.78 is 5.76. The van der Waals surface area contributed by atoms with E-state index in [-0.39, 0.29) is 0 Å². The third-order valence-corrected chi connectivity index (χ3v) is 3.69. The number of hydrogen-bond donors (Lipinski definition) is 1. The second-order valence-electron chi connectivity index (χ2n) is 7.21. The van der Waals surface area contributed by atoms with Crippen molar-refractivity contribution in [2.45, 2.75) is 60.0 Å². The average Bonchev–Trinajstić information content (AvgIpc) is 2.43.